The van der Waals surface area contributed by atoms with Crippen LogP contribution in [0.4, 0.5) is 0 Å². The molecule has 0 radical (unpaired) electrons. The van der Waals surface area contributed by atoms with E-state index >= 15 is 0 Å². The van der Waals surface area contributed by atoms with Gasteiger partial charge in [0.1, 0.15) is 10.7 Å². The maximum Gasteiger partial charge on any atom is 0.262 e. The Labute approximate surface area is 138 Å². The number of nitrogens with zero attached hydrogens (tertiary/aromatic N) is 3. The Kier molecular flexibility index (Phi) is 4.01. The lowest BCUT2D eigenvalue weighted by Crippen LogP contribution is -2.23. The van der Waals surface area contributed by atoms with E-state index in [1.54, 1.807) is 4.57 Å². The van der Waals surface area contributed by atoms with Crippen molar-refractivity contribution in [2.75, 3.05) is 0 Å². The van der Waals surface area contributed by atoms with Crippen molar-refractivity contribution in [1.82, 2.24) is 9.55 Å². The number of thiophene rings is 1. The molecule has 2 aromatic heterocycles. The first-order valence-corrected chi connectivity index (χ1v) is 8.34. The fourth-order valence-electron chi connectivity index (χ4n) is 2.87. The number of fused-ring (bicyclic) bond motifs is 1. The Bertz CT molecular complexity index is 992. The Hall–Kier alpha value is -2.45. The molecule has 1 aromatic carbocycles. The minimum absolute atomic E-state index is 0.0565. The second kappa shape index (κ2) is 5.98. The van der Waals surface area contributed by atoms with E-state index in [1.165, 1.54) is 16.9 Å². The zero-order chi connectivity index (χ0) is 16.6. The Morgan fingerprint density at radius 3 is 2.74 bits per heavy atom. The van der Waals surface area contributed by atoms with E-state index in [4.69, 9.17) is 5.26 Å². The molecule has 0 unspecified atom stereocenters. The van der Waals surface area contributed by atoms with E-state index in [0.29, 0.717) is 24.2 Å². The summed E-state index contributed by atoms with van der Waals surface area (Å²) in [5.41, 5.74) is 4.29. The van der Waals surface area contributed by atoms with E-state index < -0.39 is 0 Å². The summed E-state index contributed by atoms with van der Waals surface area (Å²) in [4.78, 5) is 18.2. The largest absolute Gasteiger partial charge is 0.295 e. The van der Waals surface area contributed by atoms with Gasteiger partial charge in [-0.25, -0.2) is 4.98 Å². The smallest absolute Gasteiger partial charge is 0.262 e. The standard InChI is InChI=1S/C18H17N3OS/c1-11-5-6-14(12(2)9-11)15-10-23-17-16(15)18(22)21(8-4-7-19)13(3)20-17/h5-6,9-10H,4,8H2,1-3H3. The molecule has 0 saturated heterocycles. The van der Waals surface area contributed by atoms with E-state index in [9.17, 15) is 4.79 Å². The predicted molar refractivity (Wildman–Crippen MR) is 93.8 cm³/mol. The molecule has 116 valence electrons. The van der Waals surface area contributed by atoms with Crippen LogP contribution < -0.4 is 5.56 Å². The summed E-state index contributed by atoms with van der Waals surface area (Å²) in [6.45, 7) is 6.31. The maximum atomic E-state index is 12.9. The monoisotopic (exact) mass is 323 g/mol. The summed E-state index contributed by atoms with van der Waals surface area (Å²) in [6, 6.07) is 8.33. The molecule has 0 bridgehead atoms. The van der Waals surface area contributed by atoms with Gasteiger partial charge in [-0.15, -0.1) is 11.3 Å². The molecule has 0 amide bonds. The zero-order valence-corrected chi connectivity index (χ0v) is 14.2. The van der Waals surface area contributed by atoms with Crippen molar-refractivity contribution in [1.29, 1.82) is 5.26 Å². The number of hydrogen-bond donors (Lipinski definition) is 0. The molecule has 0 aliphatic heterocycles. The van der Waals surface area contributed by atoms with Gasteiger partial charge in [0, 0.05) is 17.5 Å². The van der Waals surface area contributed by atoms with Gasteiger partial charge in [0.25, 0.3) is 5.56 Å². The van der Waals surface area contributed by atoms with Gasteiger partial charge in [0.15, 0.2) is 0 Å². The SMILES string of the molecule is Cc1ccc(-c2csc3nc(C)n(CCC#N)c(=O)c23)c(C)c1. The molecule has 4 nitrogen and oxygen atoms in total. The van der Waals surface area contributed by atoms with Gasteiger partial charge in [-0.1, -0.05) is 23.8 Å². The Balaban J connectivity index is 2.28. The summed E-state index contributed by atoms with van der Waals surface area (Å²) < 4.78 is 1.60. The number of nitriles is 1. The number of aryl methyl sites for hydroxylation is 3. The van der Waals surface area contributed by atoms with Gasteiger partial charge in [0.05, 0.1) is 17.9 Å². The first kappa shape index (κ1) is 15.4. The maximum absolute atomic E-state index is 12.9. The lowest BCUT2D eigenvalue weighted by molar-refractivity contribution is 0.653. The van der Waals surface area contributed by atoms with Crippen LogP contribution in [0.2, 0.25) is 0 Å². The first-order chi connectivity index (χ1) is 11.0. The van der Waals surface area contributed by atoms with E-state index in [-0.39, 0.29) is 5.56 Å². The lowest BCUT2D eigenvalue weighted by atomic mass is 9.99. The van der Waals surface area contributed by atoms with E-state index in [1.807, 2.05) is 12.3 Å². The zero-order valence-electron chi connectivity index (χ0n) is 13.4. The molecule has 23 heavy (non-hydrogen) atoms. The molecular formula is C18H17N3OS. The summed E-state index contributed by atoms with van der Waals surface area (Å²) in [7, 11) is 0. The van der Waals surface area contributed by atoms with Crippen molar-refractivity contribution in [2.24, 2.45) is 0 Å². The number of hydrogen-bond acceptors (Lipinski definition) is 4. The van der Waals surface area contributed by atoms with Gasteiger partial charge in [-0.2, -0.15) is 5.26 Å². The van der Waals surface area contributed by atoms with Gasteiger partial charge in [0.2, 0.25) is 0 Å². The van der Waals surface area contributed by atoms with Crippen molar-refractivity contribution in [3.63, 3.8) is 0 Å². The third-order valence-electron chi connectivity index (χ3n) is 4.00. The second-order valence-electron chi connectivity index (χ2n) is 5.67. The van der Waals surface area contributed by atoms with Gasteiger partial charge >= 0.3 is 0 Å². The van der Waals surface area contributed by atoms with Crippen molar-refractivity contribution < 1.29 is 0 Å². The van der Waals surface area contributed by atoms with Crippen LogP contribution in [0.25, 0.3) is 21.3 Å². The van der Waals surface area contributed by atoms with Crippen molar-refractivity contribution >= 4 is 21.6 Å². The molecule has 0 saturated carbocycles. The highest BCUT2D eigenvalue weighted by Gasteiger charge is 2.16. The van der Waals surface area contributed by atoms with Crippen LogP contribution in [0.1, 0.15) is 23.4 Å². The summed E-state index contributed by atoms with van der Waals surface area (Å²) in [5, 5.41) is 11.5. The Morgan fingerprint density at radius 2 is 2.04 bits per heavy atom. The molecule has 0 aliphatic carbocycles. The minimum Gasteiger partial charge on any atom is -0.295 e. The fourth-order valence-corrected chi connectivity index (χ4v) is 3.84. The average molecular weight is 323 g/mol. The fraction of sp³-hybridized carbons (Fsp3) is 0.278. The number of rotatable bonds is 3. The normalized spacial score (nSPS) is 10.9. The third kappa shape index (κ3) is 2.66. The van der Waals surface area contributed by atoms with Crippen LogP contribution in [-0.2, 0) is 6.54 Å². The highest BCUT2D eigenvalue weighted by molar-refractivity contribution is 7.17. The van der Waals surface area contributed by atoms with Crippen LogP contribution in [0, 0.1) is 32.1 Å². The highest BCUT2D eigenvalue weighted by Crippen LogP contribution is 2.33. The highest BCUT2D eigenvalue weighted by atomic mass is 32.1. The summed E-state index contributed by atoms with van der Waals surface area (Å²) in [6.07, 6.45) is 0.303. The summed E-state index contributed by atoms with van der Waals surface area (Å²) in [5.74, 6) is 0.659. The molecular weight excluding hydrogens is 306 g/mol. The van der Waals surface area contributed by atoms with Crippen molar-refractivity contribution in [2.45, 2.75) is 33.7 Å². The molecule has 3 rings (SSSR count). The molecule has 5 heteroatoms. The van der Waals surface area contributed by atoms with Gasteiger partial charge < -0.3 is 0 Å². The van der Waals surface area contributed by atoms with Crippen LogP contribution >= 0.6 is 11.3 Å². The van der Waals surface area contributed by atoms with Gasteiger partial charge in [-0.3, -0.25) is 9.36 Å². The molecule has 3 aromatic rings. The molecule has 0 aliphatic rings. The van der Waals surface area contributed by atoms with Gasteiger partial charge in [-0.05, 0) is 31.9 Å². The lowest BCUT2D eigenvalue weighted by Gasteiger charge is -2.09. The van der Waals surface area contributed by atoms with Crippen LogP contribution in [0.3, 0.4) is 0 Å². The number of aromatic nitrogens is 2. The second-order valence-corrected chi connectivity index (χ2v) is 6.53. The third-order valence-corrected chi connectivity index (χ3v) is 4.88. The van der Waals surface area contributed by atoms with Crippen LogP contribution in [0.15, 0.2) is 28.4 Å². The molecule has 0 atom stereocenters. The first-order valence-electron chi connectivity index (χ1n) is 7.46. The molecule has 0 N–H and O–H groups in total. The quantitative estimate of drug-likeness (QED) is 0.733. The van der Waals surface area contributed by atoms with Crippen molar-refractivity contribution in [3.05, 3.63) is 50.9 Å². The van der Waals surface area contributed by atoms with Crippen LogP contribution in [-0.4, -0.2) is 9.55 Å². The number of benzene rings is 1. The molecule has 2 heterocycles. The van der Waals surface area contributed by atoms with E-state index in [2.05, 4.69) is 43.1 Å². The topological polar surface area (TPSA) is 58.7 Å². The summed E-state index contributed by atoms with van der Waals surface area (Å²) >= 11 is 1.49. The van der Waals surface area contributed by atoms with Crippen LogP contribution in [0.5, 0.6) is 0 Å². The average Bonchev–Trinajstić information content (AvgIpc) is 2.90. The van der Waals surface area contributed by atoms with Crippen molar-refractivity contribution in [3.8, 4) is 17.2 Å². The predicted octanol–water partition coefficient (Wildman–Crippen LogP) is 3.96. The minimum atomic E-state index is -0.0565. The molecule has 0 spiro atoms. The Morgan fingerprint density at radius 1 is 1.26 bits per heavy atom. The molecule has 0 fully saturated rings. The van der Waals surface area contributed by atoms with E-state index in [0.717, 1.165) is 21.5 Å².